The minimum absolute atomic E-state index is 0.467. The summed E-state index contributed by atoms with van der Waals surface area (Å²) in [7, 11) is 1.96. The molecule has 0 aliphatic heterocycles. The van der Waals surface area contributed by atoms with Gasteiger partial charge < -0.3 is 10.3 Å². The van der Waals surface area contributed by atoms with E-state index in [-0.39, 0.29) is 0 Å². The van der Waals surface area contributed by atoms with Crippen LogP contribution >= 0.6 is 11.8 Å². The molecule has 90 valence electrons. The molecule has 5 nitrogen and oxygen atoms in total. The van der Waals surface area contributed by atoms with Crippen LogP contribution < -0.4 is 5.73 Å². The smallest absolute Gasteiger partial charge is 0.191 e. The van der Waals surface area contributed by atoms with Crippen molar-refractivity contribution in [3.05, 3.63) is 35.4 Å². The molecule has 0 saturated heterocycles. The van der Waals surface area contributed by atoms with Gasteiger partial charge >= 0.3 is 0 Å². The van der Waals surface area contributed by atoms with Crippen molar-refractivity contribution in [3.63, 3.8) is 0 Å². The monoisotopic (exact) mass is 249 g/mol. The third kappa shape index (κ3) is 2.65. The number of rotatable bonds is 4. The van der Waals surface area contributed by atoms with Crippen molar-refractivity contribution in [1.82, 2.24) is 19.7 Å². The van der Waals surface area contributed by atoms with E-state index < -0.39 is 0 Å². The minimum atomic E-state index is 0.467. The first-order valence-electron chi connectivity index (χ1n) is 5.34. The highest BCUT2D eigenvalue weighted by Gasteiger charge is 2.07. The quantitative estimate of drug-likeness (QED) is 0.826. The van der Waals surface area contributed by atoms with Gasteiger partial charge in [0.1, 0.15) is 5.82 Å². The molecule has 0 amide bonds. The summed E-state index contributed by atoms with van der Waals surface area (Å²) < 4.78 is 1.98. The van der Waals surface area contributed by atoms with Crippen LogP contribution in [0.2, 0.25) is 0 Å². The number of pyridine rings is 1. The van der Waals surface area contributed by atoms with Crippen LogP contribution in [0.25, 0.3) is 0 Å². The maximum Gasteiger partial charge on any atom is 0.191 e. The molecule has 2 aromatic rings. The molecule has 0 radical (unpaired) electrons. The van der Waals surface area contributed by atoms with Crippen LogP contribution in [0.3, 0.4) is 0 Å². The van der Waals surface area contributed by atoms with Crippen molar-refractivity contribution in [2.45, 2.75) is 24.4 Å². The standard InChI is InChI=1S/C11H15N5S/c1-8-14-15-11(16(8)2)17-7-9-4-3-5-13-10(9)6-12/h3-5H,6-7,12H2,1-2H3. The molecular weight excluding hydrogens is 234 g/mol. The van der Waals surface area contributed by atoms with Gasteiger partial charge in [0.25, 0.3) is 0 Å². The molecule has 0 saturated carbocycles. The highest BCUT2D eigenvalue weighted by atomic mass is 32.2. The lowest BCUT2D eigenvalue weighted by atomic mass is 10.2. The third-order valence-corrected chi connectivity index (χ3v) is 3.66. The van der Waals surface area contributed by atoms with E-state index >= 15 is 0 Å². The molecule has 6 heteroatoms. The zero-order valence-corrected chi connectivity index (χ0v) is 10.7. The van der Waals surface area contributed by atoms with Crippen LogP contribution in [-0.2, 0) is 19.3 Å². The van der Waals surface area contributed by atoms with E-state index in [1.807, 2.05) is 30.7 Å². The first-order chi connectivity index (χ1) is 8.22. The van der Waals surface area contributed by atoms with Crippen molar-refractivity contribution in [2.24, 2.45) is 12.8 Å². The molecule has 2 aromatic heterocycles. The number of nitrogens with two attached hydrogens (primary N) is 1. The maximum atomic E-state index is 5.65. The predicted octanol–water partition coefficient (Wildman–Crippen LogP) is 1.27. The van der Waals surface area contributed by atoms with Crippen LogP contribution in [0.4, 0.5) is 0 Å². The van der Waals surface area contributed by atoms with E-state index in [1.165, 1.54) is 0 Å². The molecule has 17 heavy (non-hydrogen) atoms. The molecule has 0 aromatic carbocycles. The number of thioether (sulfide) groups is 1. The lowest BCUT2D eigenvalue weighted by molar-refractivity contribution is 0.765. The van der Waals surface area contributed by atoms with Gasteiger partial charge in [0.15, 0.2) is 5.16 Å². The fraction of sp³-hybridized carbons (Fsp3) is 0.364. The van der Waals surface area contributed by atoms with Gasteiger partial charge in [-0.2, -0.15) is 0 Å². The van der Waals surface area contributed by atoms with Crippen LogP contribution in [-0.4, -0.2) is 19.7 Å². The average Bonchev–Trinajstić information content (AvgIpc) is 2.68. The Morgan fingerprint density at radius 2 is 2.24 bits per heavy atom. The fourth-order valence-electron chi connectivity index (χ4n) is 1.44. The first-order valence-corrected chi connectivity index (χ1v) is 6.32. The molecule has 2 heterocycles. The van der Waals surface area contributed by atoms with E-state index in [1.54, 1.807) is 18.0 Å². The molecule has 0 fully saturated rings. The van der Waals surface area contributed by atoms with Gasteiger partial charge in [0.05, 0.1) is 5.69 Å². The minimum Gasteiger partial charge on any atom is -0.325 e. The maximum absolute atomic E-state index is 5.65. The van der Waals surface area contributed by atoms with Crippen LogP contribution in [0.5, 0.6) is 0 Å². The number of hydrogen-bond acceptors (Lipinski definition) is 5. The number of nitrogens with zero attached hydrogens (tertiary/aromatic N) is 4. The van der Waals surface area contributed by atoms with Crippen molar-refractivity contribution in [2.75, 3.05) is 0 Å². The van der Waals surface area contributed by atoms with E-state index in [0.29, 0.717) is 6.54 Å². The van der Waals surface area contributed by atoms with Crippen molar-refractivity contribution in [1.29, 1.82) is 0 Å². The van der Waals surface area contributed by atoms with Crippen LogP contribution in [0.1, 0.15) is 17.1 Å². The summed E-state index contributed by atoms with van der Waals surface area (Å²) in [6.45, 7) is 2.40. The van der Waals surface area contributed by atoms with E-state index in [2.05, 4.69) is 15.2 Å². The Bertz CT molecular complexity index is 508. The lowest BCUT2D eigenvalue weighted by Gasteiger charge is -2.05. The second-order valence-electron chi connectivity index (χ2n) is 3.69. The molecule has 0 aliphatic rings. The zero-order valence-electron chi connectivity index (χ0n) is 9.92. The second-order valence-corrected chi connectivity index (χ2v) is 4.63. The van der Waals surface area contributed by atoms with Gasteiger partial charge in [-0.3, -0.25) is 4.98 Å². The Kier molecular flexibility index (Phi) is 3.75. The Hall–Kier alpha value is -1.40. The molecule has 0 unspecified atom stereocenters. The summed E-state index contributed by atoms with van der Waals surface area (Å²) in [4.78, 5) is 4.26. The number of aromatic nitrogens is 4. The van der Waals surface area contributed by atoms with Crippen molar-refractivity contribution < 1.29 is 0 Å². The summed E-state index contributed by atoms with van der Waals surface area (Å²) in [5, 5.41) is 9.04. The molecule has 0 atom stereocenters. The van der Waals surface area contributed by atoms with Gasteiger partial charge in [-0.15, -0.1) is 10.2 Å². The molecule has 0 aliphatic carbocycles. The SMILES string of the molecule is Cc1nnc(SCc2cccnc2CN)n1C. The summed E-state index contributed by atoms with van der Waals surface area (Å²) >= 11 is 1.64. The topological polar surface area (TPSA) is 69.6 Å². The van der Waals surface area contributed by atoms with E-state index in [0.717, 1.165) is 28.0 Å². The van der Waals surface area contributed by atoms with E-state index in [4.69, 9.17) is 5.73 Å². The molecule has 0 spiro atoms. The van der Waals surface area contributed by atoms with Gasteiger partial charge in [0.2, 0.25) is 0 Å². The predicted molar refractivity (Wildman–Crippen MR) is 67.4 cm³/mol. The van der Waals surface area contributed by atoms with Crippen LogP contribution in [0, 0.1) is 6.92 Å². The van der Waals surface area contributed by atoms with E-state index in [9.17, 15) is 0 Å². The molecule has 0 bridgehead atoms. The molecular formula is C11H15N5S. The largest absolute Gasteiger partial charge is 0.325 e. The third-order valence-electron chi connectivity index (χ3n) is 2.59. The highest BCUT2D eigenvalue weighted by molar-refractivity contribution is 7.98. The number of hydrogen-bond donors (Lipinski definition) is 1. The first kappa shape index (κ1) is 12.1. The van der Waals surface area contributed by atoms with Gasteiger partial charge in [-0.05, 0) is 18.6 Å². The molecule has 2 rings (SSSR count). The average molecular weight is 249 g/mol. The Labute approximate surface area is 104 Å². The Balaban J connectivity index is 2.10. The number of aryl methyl sites for hydroxylation is 1. The van der Waals surface area contributed by atoms with Crippen molar-refractivity contribution in [3.8, 4) is 0 Å². The normalized spacial score (nSPS) is 10.8. The fourth-order valence-corrected chi connectivity index (χ4v) is 2.41. The Morgan fingerprint density at radius 1 is 1.41 bits per heavy atom. The summed E-state index contributed by atoms with van der Waals surface area (Å²) in [5.41, 5.74) is 7.75. The van der Waals surface area contributed by atoms with Gasteiger partial charge in [0, 0.05) is 25.5 Å². The Morgan fingerprint density at radius 3 is 2.88 bits per heavy atom. The summed E-state index contributed by atoms with van der Waals surface area (Å²) in [6.07, 6.45) is 1.77. The summed E-state index contributed by atoms with van der Waals surface area (Å²) in [5.74, 6) is 1.73. The summed E-state index contributed by atoms with van der Waals surface area (Å²) in [6, 6.07) is 3.97. The lowest BCUT2D eigenvalue weighted by Crippen LogP contribution is -2.03. The van der Waals surface area contributed by atoms with Gasteiger partial charge in [-0.1, -0.05) is 17.8 Å². The second kappa shape index (κ2) is 5.29. The molecule has 2 N–H and O–H groups in total. The van der Waals surface area contributed by atoms with Crippen molar-refractivity contribution >= 4 is 11.8 Å². The zero-order chi connectivity index (χ0) is 12.3. The highest BCUT2D eigenvalue weighted by Crippen LogP contribution is 2.21. The van der Waals surface area contributed by atoms with Gasteiger partial charge in [-0.25, -0.2) is 0 Å². The van der Waals surface area contributed by atoms with Crippen LogP contribution in [0.15, 0.2) is 23.5 Å².